The molecule has 3 fully saturated rings. The van der Waals surface area contributed by atoms with Crippen LogP contribution in [-0.4, -0.2) is 99.3 Å². The molecule has 3 aromatic carbocycles. The van der Waals surface area contributed by atoms with Crippen molar-refractivity contribution in [3.8, 4) is 16.8 Å². The average molecular weight is 661 g/mol. The number of likely N-dealkylation sites (tertiary alicyclic amines) is 1. The van der Waals surface area contributed by atoms with E-state index in [9.17, 15) is 9.59 Å². The largest absolute Gasteiger partial charge is 0.354 e. The van der Waals surface area contributed by atoms with Gasteiger partial charge in [0, 0.05) is 69.5 Å². The van der Waals surface area contributed by atoms with Gasteiger partial charge in [0.15, 0.2) is 0 Å². The Kier molecular flexibility index (Phi) is 8.74. The Balaban J connectivity index is 0.969. The molecular weight excluding hydrogens is 617 g/mol. The highest BCUT2D eigenvalue weighted by atomic mass is 32.2. The molecule has 2 amide bonds. The molecule has 248 valence electrons. The Morgan fingerprint density at radius 1 is 0.854 bits per heavy atom. The van der Waals surface area contributed by atoms with Crippen LogP contribution >= 0.6 is 11.8 Å². The van der Waals surface area contributed by atoms with E-state index in [0.29, 0.717) is 19.4 Å². The first-order valence-electron chi connectivity index (χ1n) is 17.6. The minimum absolute atomic E-state index is 0.113. The van der Waals surface area contributed by atoms with Gasteiger partial charge in [0.25, 0.3) is 0 Å². The molecule has 3 aliphatic heterocycles. The maximum atomic E-state index is 14.1. The second-order valence-electron chi connectivity index (χ2n) is 13.5. The van der Waals surface area contributed by atoms with Crippen molar-refractivity contribution in [1.29, 1.82) is 0 Å². The highest BCUT2D eigenvalue weighted by Gasteiger charge is 2.44. The fourth-order valence-electron chi connectivity index (χ4n) is 8.26. The van der Waals surface area contributed by atoms with E-state index in [1.807, 2.05) is 15.9 Å². The van der Waals surface area contributed by atoms with Crippen LogP contribution in [0.1, 0.15) is 48.9 Å². The number of carbonyl (C=O) groups is 2. The standard InChI is InChI=1S/C39H44N6O2S/c1-2-28-24-37(45(40-28)29-10-4-3-5-11-29)42-20-18-41(19-21-42)30-25-36(39(47)43-22-23-48-27-43)44(26-30)38(46)17-16-35-33-14-8-6-12-31(33)32-13-7-9-15-34(32)35/h3-15,24,30,35-36H,2,16-23,25-27H2,1H3. The summed E-state index contributed by atoms with van der Waals surface area (Å²) in [6, 6.07) is 29.6. The number of rotatable bonds is 8. The number of para-hydroxylation sites is 1. The van der Waals surface area contributed by atoms with Gasteiger partial charge in [-0.15, -0.1) is 11.8 Å². The third-order valence-corrected chi connectivity index (χ3v) is 11.8. The van der Waals surface area contributed by atoms with E-state index in [-0.39, 0.29) is 29.8 Å². The van der Waals surface area contributed by atoms with E-state index < -0.39 is 0 Å². The first-order chi connectivity index (χ1) is 23.6. The molecule has 48 heavy (non-hydrogen) atoms. The summed E-state index contributed by atoms with van der Waals surface area (Å²) >= 11 is 1.80. The zero-order valence-electron chi connectivity index (χ0n) is 27.7. The average Bonchev–Trinajstić information content (AvgIpc) is 3.96. The predicted molar refractivity (Wildman–Crippen MR) is 193 cm³/mol. The summed E-state index contributed by atoms with van der Waals surface area (Å²) in [7, 11) is 0. The molecule has 3 saturated heterocycles. The second-order valence-corrected chi connectivity index (χ2v) is 14.5. The maximum Gasteiger partial charge on any atom is 0.246 e. The molecule has 2 atom stereocenters. The summed E-state index contributed by atoms with van der Waals surface area (Å²) in [5, 5.41) is 4.91. The number of piperazine rings is 1. The Bertz CT molecular complexity index is 1730. The minimum Gasteiger partial charge on any atom is -0.354 e. The second kappa shape index (κ2) is 13.4. The van der Waals surface area contributed by atoms with Crippen molar-refractivity contribution in [2.24, 2.45) is 0 Å². The van der Waals surface area contributed by atoms with Crippen LogP contribution in [0.25, 0.3) is 16.8 Å². The number of aryl methyl sites for hydroxylation is 1. The third-order valence-electron chi connectivity index (χ3n) is 10.8. The Morgan fingerprint density at radius 2 is 1.54 bits per heavy atom. The molecule has 0 bridgehead atoms. The quantitative estimate of drug-likeness (QED) is 0.244. The molecule has 0 N–H and O–H groups in total. The van der Waals surface area contributed by atoms with Crippen molar-refractivity contribution in [1.82, 2.24) is 24.5 Å². The van der Waals surface area contributed by atoms with Crippen molar-refractivity contribution in [3.05, 3.63) is 102 Å². The van der Waals surface area contributed by atoms with Crippen molar-refractivity contribution in [3.63, 3.8) is 0 Å². The first kappa shape index (κ1) is 31.2. The van der Waals surface area contributed by atoms with Crippen LogP contribution in [0.5, 0.6) is 0 Å². The molecule has 1 aliphatic carbocycles. The van der Waals surface area contributed by atoms with Gasteiger partial charge in [0.2, 0.25) is 11.8 Å². The van der Waals surface area contributed by atoms with E-state index in [1.54, 1.807) is 11.8 Å². The molecule has 4 aliphatic rings. The summed E-state index contributed by atoms with van der Waals surface area (Å²) < 4.78 is 2.08. The molecule has 8 rings (SSSR count). The van der Waals surface area contributed by atoms with E-state index in [1.165, 1.54) is 22.3 Å². The number of carbonyl (C=O) groups excluding carboxylic acids is 2. The molecule has 4 aromatic rings. The Morgan fingerprint density at radius 3 is 2.21 bits per heavy atom. The highest BCUT2D eigenvalue weighted by Crippen LogP contribution is 2.46. The van der Waals surface area contributed by atoms with Crippen molar-refractivity contribution >= 4 is 29.4 Å². The lowest BCUT2D eigenvalue weighted by Gasteiger charge is -2.38. The monoisotopic (exact) mass is 660 g/mol. The van der Waals surface area contributed by atoms with Gasteiger partial charge in [-0.1, -0.05) is 73.7 Å². The van der Waals surface area contributed by atoms with Crippen molar-refractivity contribution in [2.45, 2.75) is 50.6 Å². The van der Waals surface area contributed by atoms with Gasteiger partial charge in [0.05, 0.1) is 17.3 Å². The number of thioether (sulfide) groups is 1. The number of aromatic nitrogens is 2. The molecule has 0 spiro atoms. The molecule has 0 radical (unpaired) electrons. The van der Waals surface area contributed by atoms with Gasteiger partial charge in [-0.2, -0.15) is 5.10 Å². The summed E-state index contributed by atoms with van der Waals surface area (Å²) in [4.78, 5) is 36.9. The molecule has 2 unspecified atom stereocenters. The summed E-state index contributed by atoms with van der Waals surface area (Å²) in [6.45, 7) is 7.10. The van der Waals surface area contributed by atoms with Crippen LogP contribution in [0.3, 0.4) is 0 Å². The smallest absolute Gasteiger partial charge is 0.246 e. The lowest BCUT2D eigenvalue weighted by molar-refractivity contribution is -0.143. The van der Waals surface area contributed by atoms with Crippen LogP contribution in [0.2, 0.25) is 0 Å². The SMILES string of the molecule is CCc1cc(N2CCN(C3CC(C(=O)N4CCSC4)N(C(=O)CCC4c5ccccc5-c5ccccc54)C3)CC2)n(-c2ccccc2)n1. The van der Waals surface area contributed by atoms with Gasteiger partial charge in [0.1, 0.15) is 11.9 Å². The number of fused-ring (bicyclic) bond motifs is 3. The third kappa shape index (κ3) is 5.81. The van der Waals surface area contributed by atoms with E-state index in [2.05, 4.69) is 100 Å². The Labute approximate surface area is 287 Å². The van der Waals surface area contributed by atoms with Gasteiger partial charge >= 0.3 is 0 Å². The number of benzene rings is 3. The lowest BCUT2D eigenvalue weighted by atomic mass is 9.92. The summed E-state index contributed by atoms with van der Waals surface area (Å²) in [6.07, 6.45) is 2.80. The van der Waals surface area contributed by atoms with E-state index in [4.69, 9.17) is 5.10 Å². The normalized spacial score (nSPS) is 21.1. The molecule has 0 saturated carbocycles. The number of anilines is 1. The number of nitrogens with zero attached hydrogens (tertiary/aromatic N) is 6. The van der Waals surface area contributed by atoms with Crippen LogP contribution in [0.4, 0.5) is 5.82 Å². The fourth-order valence-corrected chi connectivity index (χ4v) is 9.22. The fraction of sp³-hybridized carbons (Fsp3) is 0.410. The number of hydrogen-bond acceptors (Lipinski definition) is 6. The highest BCUT2D eigenvalue weighted by molar-refractivity contribution is 7.99. The van der Waals surface area contributed by atoms with Gasteiger partial charge < -0.3 is 14.7 Å². The zero-order chi connectivity index (χ0) is 32.6. The molecule has 4 heterocycles. The zero-order valence-corrected chi connectivity index (χ0v) is 28.5. The Hall–Kier alpha value is -4.08. The van der Waals surface area contributed by atoms with Crippen LogP contribution < -0.4 is 4.90 Å². The van der Waals surface area contributed by atoms with Gasteiger partial charge in [-0.3, -0.25) is 14.5 Å². The molecule has 8 nitrogen and oxygen atoms in total. The van der Waals surface area contributed by atoms with Gasteiger partial charge in [-0.05, 0) is 53.6 Å². The van der Waals surface area contributed by atoms with Crippen molar-refractivity contribution < 1.29 is 9.59 Å². The first-order valence-corrected chi connectivity index (χ1v) is 18.7. The topological polar surface area (TPSA) is 64.9 Å². The minimum atomic E-state index is -0.381. The summed E-state index contributed by atoms with van der Waals surface area (Å²) in [5.74, 6) is 3.28. The predicted octanol–water partition coefficient (Wildman–Crippen LogP) is 5.65. The van der Waals surface area contributed by atoms with Crippen LogP contribution in [0, 0.1) is 0 Å². The van der Waals surface area contributed by atoms with Gasteiger partial charge in [-0.25, -0.2) is 4.68 Å². The maximum absolute atomic E-state index is 14.1. The summed E-state index contributed by atoms with van der Waals surface area (Å²) in [5.41, 5.74) is 7.35. The van der Waals surface area contributed by atoms with Crippen LogP contribution in [0.15, 0.2) is 84.9 Å². The van der Waals surface area contributed by atoms with Crippen LogP contribution in [-0.2, 0) is 16.0 Å². The molecular formula is C39H44N6O2S. The van der Waals surface area contributed by atoms with E-state index in [0.717, 1.165) is 74.4 Å². The lowest BCUT2D eigenvalue weighted by Crippen LogP contribution is -2.51. The molecule has 9 heteroatoms. The molecule has 1 aromatic heterocycles. The number of hydrogen-bond donors (Lipinski definition) is 0. The van der Waals surface area contributed by atoms with E-state index >= 15 is 0 Å². The van der Waals surface area contributed by atoms with Crippen molar-refractivity contribution in [2.75, 3.05) is 55.8 Å². The number of amides is 2.